The minimum atomic E-state index is -4.89. The molecule has 34 heavy (non-hydrogen) atoms. The zero-order valence-corrected chi connectivity index (χ0v) is 17.4. The van der Waals surface area contributed by atoms with Crippen LogP contribution in [0.4, 0.5) is 30.7 Å². The Bertz CT molecular complexity index is 1400. The van der Waals surface area contributed by atoms with E-state index in [-0.39, 0.29) is 27.3 Å². The average Bonchev–Trinajstić information content (AvgIpc) is 3.36. The summed E-state index contributed by atoms with van der Waals surface area (Å²) >= 11 is 0. The lowest BCUT2D eigenvalue weighted by molar-refractivity contribution is -0.216. The van der Waals surface area contributed by atoms with E-state index in [1.807, 2.05) is 0 Å². The van der Waals surface area contributed by atoms with Gasteiger partial charge >= 0.3 is 6.30 Å². The molecule has 0 saturated heterocycles. The van der Waals surface area contributed by atoms with Crippen LogP contribution in [0, 0.1) is 11.6 Å². The van der Waals surface area contributed by atoms with Gasteiger partial charge in [-0.1, -0.05) is 0 Å². The van der Waals surface area contributed by atoms with Crippen LogP contribution in [-0.2, 0) is 6.30 Å². The molecule has 1 aliphatic rings. The molecule has 0 atom stereocenters. The number of benzene rings is 1. The molecule has 0 unspecified atom stereocenters. The zero-order valence-electron chi connectivity index (χ0n) is 17.4. The molecule has 0 bridgehead atoms. The SMILES string of the molecule is COc1ccc(-c2cc(C3CC(F)(F)C3)n(C(F)(F)F)n2)cc1-c1cnc2cc(F)c(F)cn12. The third-order valence-corrected chi connectivity index (χ3v) is 5.81. The van der Waals surface area contributed by atoms with Gasteiger partial charge in [0.25, 0.3) is 0 Å². The summed E-state index contributed by atoms with van der Waals surface area (Å²) in [5.74, 6) is -5.89. The van der Waals surface area contributed by atoms with Crippen LogP contribution in [0.3, 0.4) is 0 Å². The summed E-state index contributed by atoms with van der Waals surface area (Å²) in [5.41, 5.74) is 0.536. The molecule has 0 spiro atoms. The molecule has 0 amide bonds. The van der Waals surface area contributed by atoms with Gasteiger partial charge in [0.15, 0.2) is 11.6 Å². The lowest BCUT2D eigenvalue weighted by Crippen LogP contribution is -2.36. The monoisotopic (exact) mass is 484 g/mol. The van der Waals surface area contributed by atoms with Crippen LogP contribution >= 0.6 is 0 Å². The maximum atomic E-state index is 13.8. The van der Waals surface area contributed by atoms with E-state index in [0.29, 0.717) is 17.0 Å². The first-order valence-corrected chi connectivity index (χ1v) is 10.0. The zero-order chi connectivity index (χ0) is 24.4. The largest absolute Gasteiger partial charge is 0.504 e. The number of imidazole rings is 1. The number of halogens is 7. The Kier molecular flexibility index (Phi) is 4.88. The molecule has 4 aromatic rings. The number of fused-ring (bicyclic) bond motifs is 1. The van der Waals surface area contributed by atoms with E-state index in [9.17, 15) is 30.7 Å². The van der Waals surface area contributed by atoms with E-state index in [1.165, 1.54) is 35.9 Å². The first-order chi connectivity index (χ1) is 16.0. The maximum Gasteiger partial charge on any atom is 0.504 e. The van der Waals surface area contributed by atoms with Crippen molar-refractivity contribution in [2.45, 2.75) is 31.0 Å². The number of alkyl halides is 5. The van der Waals surface area contributed by atoms with Gasteiger partial charge in [-0.2, -0.15) is 9.78 Å². The molecule has 5 nitrogen and oxygen atoms in total. The fourth-order valence-electron chi connectivity index (χ4n) is 4.14. The highest BCUT2D eigenvalue weighted by atomic mass is 19.4. The van der Waals surface area contributed by atoms with Gasteiger partial charge in [-0.3, -0.25) is 4.40 Å². The van der Waals surface area contributed by atoms with E-state index in [4.69, 9.17) is 4.74 Å². The Balaban J connectivity index is 1.63. The van der Waals surface area contributed by atoms with Gasteiger partial charge in [0.1, 0.15) is 11.4 Å². The summed E-state index contributed by atoms with van der Waals surface area (Å²) in [6.07, 6.45) is -4.03. The first kappa shape index (κ1) is 22.2. The van der Waals surface area contributed by atoms with Gasteiger partial charge in [-0.15, -0.1) is 13.2 Å². The van der Waals surface area contributed by atoms with Crippen molar-refractivity contribution in [1.29, 1.82) is 0 Å². The van der Waals surface area contributed by atoms with Crippen molar-refractivity contribution in [3.05, 3.63) is 60.1 Å². The summed E-state index contributed by atoms with van der Waals surface area (Å²) in [6, 6.07) is 6.46. The average molecular weight is 484 g/mol. The van der Waals surface area contributed by atoms with Gasteiger partial charge in [-0.25, -0.2) is 22.5 Å². The number of methoxy groups -OCH3 is 1. The molecule has 1 aromatic carbocycles. The Labute approximate surface area is 187 Å². The molecule has 0 aliphatic heterocycles. The second-order valence-corrected chi connectivity index (χ2v) is 8.05. The predicted molar refractivity (Wildman–Crippen MR) is 107 cm³/mol. The topological polar surface area (TPSA) is 44.3 Å². The van der Waals surface area contributed by atoms with Crippen molar-refractivity contribution < 1.29 is 35.5 Å². The van der Waals surface area contributed by atoms with Crippen molar-refractivity contribution in [2.75, 3.05) is 7.11 Å². The van der Waals surface area contributed by atoms with Crippen LogP contribution in [-0.4, -0.2) is 32.2 Å². The molecule has 1 fully saturated rings. The molecule has 5 rings (SSSR count). The van der Waals surface area contributed by atoms with E-state index >= 15 is 0 Å². The van der Waals surface area contributed by atoms with Crippen molar-refractivity contribution in [3.63, 3.8) is 0 Å². The summed E-state index contributed by atoms with van der Waals surface area (Å²) in [4.78, 5) is 4.04. The Morgan fingerprint density at radius 1 is 1.06 bits per heavy atom. The van der Waals surface area contributed by atoms with Crippen LogP contribution in [0.5, 0.6) is 5.75 Å². The minimum absolute atomic E-state index is 0.0857. The first-order valence-electron chi connectivity index (χ1n) is 10.0. The lowest BCUT2D eigenvalue weighted by Gasteiger charge is -2.35. The molecule has 12 heteroatoms. The second kappa shape index (κ2) is 7.47. The summed E-state index contributed by atoms with van der Waals surface area (Å²) in [5, 5.41) is 3.64. The molecule has 1 aliphatic carbocycles. The van der Waals surface area contributed by atoms with Crippen molar-refractivity contribution in [2.24, 2.45) is 0 Å². The third kappa shape index (κ3) is 3.66. The normalized spacial score (nSPS) is 16.1. The Morgan fingerprint density at radius 3 is 2.44 bits per heavy atom. The highest BCUT2D eigenvalue weighted by Gasteiger charge is 2.49. The molecule has 0 radical (unpaired) electrons. The predicted octanol–water partition coefficient (Wildman–Crippen LogP) is 6.14. The van der Waals surface area contributed by atoms with Crippen LogP contribution < -0.4 is 4.74 Å². The van der Waals surface area contributed by atoms with Crippen LogP contribution in [0.1, 0.15) is 24.5 Å². The van der Waals surface area contributed by atoms with Crippen LogP contribution in [0.25, 0.3) is 28.2 Å². The quantitative estimate of drug-likeness (QED) is 0.327. The van der Waals surface area contributed by atoms with Crippen molar-refractivity contribution >= 4 is 5.65 Å². The van der Waals surface area contributed by atoms with E-state index in [2.05, 4.69) is 10.1 Å². The standard InChI is InChI=1S/C22H15F7N4O/c1-34-19-3-2-11(4-13(19)18-9-30-20-5-14(23)15(24)10-32(18)20)16-6-17(12-7-21(25,26)8-12)33(31-16)22(27,28)29/h2-6,9-10,12H,7-8H2,1H3. The number of hydrogen-bond acceptors (Lipinski definition) is 3. The Hall–Kier alpha value is -3.57. The highest BCUT2D eigenvalue weighted by Crippen LogP contribution is 2.50. The second-order valence-electron chi connectivity index (χ2n) is 8.05. The van der Waals surface area contributed by atoms with E-state index < -0.39 is 42.6 Å². The van der Waals surface area contributed by atoms with Gasteiger partial charge < -0.3 is 4.74 Å². The molecular formula is C22H15F7N4O. The number of rotatable bonds is 4. The highest BCUT2D eigenvalue weighted by molar-refractivity contribution is 5.76. The molecule has 3 heterocycles. The number of nitrogens with zero attached hydrogens (tertiary/aromatic N) is 4. The number of aromatic nitrogens is 4. The summed E-state index contributed by atoms with van der Waals surface area (Å²) in [7, 11) is 1.37. The number of ether oxygens (including phenoxy) is 1. The fourth-order valence-corrected chi connectivity index (χ4v) is 4.14. The van der Waals surface area contributed by atoms with Gasteiger partial charge in [0, 0.05) is 42.1 Å². The smallest absolute Gasteiger partial charge is 0.496 e. The van der Waals surface area contributed by atoms with Crippen LogP contribution in [0.2, 0.25) is 0 Å². The molecule has 0 N–H and O–H groups in total. The van der Waals surface area contributed by atoms with Gasteiger partial charge in [0.2, 0.25) is 5.92 Å². The van der Waals surface area contributed by atoms with Crippen molar-refractivity contribution in [1.82, 2.24) is 19.2 Å². The van der Waals surface area contributed by atoms with Gasteiger partial charge in [-0.05, 0) is 24.3 Å². The maximum absolute atomic E-state index is 13.8. The minimum Gasteiger partial charge on any atom is -0.496 e. The third-order valence-electron chi connectivity index (χ3n) is 5.81. The van der Waals surface area contributed by atoms with Crippen molar-refractivity contribution in [3.8, 4) is 28.3 Å². The van der Waals surface area contributed by atoms with E-state index in [1.54, 1.807) is 0 Å². The Morgan fingerprint density at radius 2 is 1.79 bits per heavy atom. The summed E-state index contributed by atoms with van der Waals surface area (Å²) < 4.78 is 101. The fraction of sp³-hybridized carbons (Fsp3) is 0.273. The molecule has 3 aromatic heterocycles. The number of pyridine rings is 1. The lowest BCUT2D eigenvalue weighted by atomic mass is 9.79. The van der Waals surface area contributed by atoms with Crippen LogP contribution in [0.15, 0.2) is 42.7 Å². The van der Waals surface area contributed by atoms with E-state index in [0.717, 1.165) is 18.3 Å². The number of hydrogen-bond donors (Lipinski definition) is 0. The molecule has 178 valence electrons. The molecular weight excluding hydrogens is 469 g/mol. The summed E-state index contributed by atoms with van der Waals surface area (Å²) in [6.45, 7) is 0. The molecule has 1 saturated carbocycles. The van der Waals surface area contributed by atoms with Gasteiger partial charge in [0.05, 0.1) is 30.4 Å².